The minimum absolute atomic E-state index is 0.519. The van der Waals surface area contributed by atoms with Gasteiger partial charge in [-0.2, -0.15) is 0 Å². The van der Waals surface area contributed by atoms with Crippen molar-refractivity contribution in [1.82, 2.24) is 19.9 Å². The summed E-state index contributed by atoms with van der Waals surface area (Å²) in [5.41, 5.74) is 11.3. The Morgan fingerprint density at radius 3 is 1.26 bits per heavy atom. The topological polar surface area (TPSA) is 51.6 Å². The van der Waals surface area contributed by atoms with E-state index in [2.05, 4.69) is 117 Å². The van der Waals surface area contributed by atoms with Gasteiger partial charge < -0.3 is 0 Å². The van der Waals surface area contributed by atoms with Crippen LogP contribution in [0.4, 0.5) is 0 Å². The van der Waals surface area contributed by atoms with Crippen molar-refractivity contribution in [1.29, 1.82) is 0 Å². The second-order valence-corrected chi connectivity index (χ2v) is 11.7. The summed E-state index contributed by atoms with van der Waals surface area (Å²) >= 11 is 1.81. The van der Waals surface area contributed by atoms with Gasteiger partial charge in [-0.3, -0.25) is 4.98 Å². The van der Waals surface area contributed by atoms with Crippen LogP contribution in [0.5, 0.6) is 0 Å². The Labute approximate surface area is 219 Å². The highest BCUT2D eigenvalue weighted by Gasteiger charge is 2.12. The summed E-state index contributed by atoms with van der Waals surface area (Å²) in [5.74, 6) is 2.60. The molecule has 4 nitrogen and oxygen atoms in total. The minimum atomic E-state index is 0.519. The molecule has 3 aromatic heterocycles. The number of aromatic nitrogens is 4. The monoisotopic (exact) mass is 496 g/mol. The molecule has 0 aliphatic rings. The Hall–Kier alpha value is -2.14. The van der Waals surface area contributed by atoms with Crippen LogP contribution in [0.25, 0.3) is 0 Å². The maximum atomic E-state index is 4.56. The van der Waals surface area contributed by atoms with Gasteiger partial charge in [0.15, 0.2) is 0 Å². The number of thiazole rings is 1. The first-order valence-electron chi connectivity index (χ1n) is 12.8. The molecule has 0 saturated heterocycles. The van der Waals surface area contributed by atoms with E-state index in [-0.39, 0.29) is 0 Å². The number of pyridine rings is 1. The van der Waals surface area contributed by atoms with Gasteiger partial charge >= 0.3 is 0 Å². The molecule has 3 aromatic rings. The van der Waals surface area contributed by atoms with Crippen LogP contribution in [0.2, 0.25) is 0 Å². The van der Waals surface area contributed by atoms with Crippen molar-refractivity contribution in [3.05, 3.63) is 66.4 Å². The normalized spacial score (nSPS) is 10.9. The molecule has 0 atom stereocenters. The van der Waals surface area contributed by atoms with E-state index in [1.807, 2.05) is 18.3 Å². The lowest BCUT2D eigenvalue weighted by atomic mass is 9.93. The fourth-order valence-corrected chi connectivity index (χ4v) is 5.73. The smallest absolute Gasteiger partial charge is 0.125 e. The molecule has 0 aliphatic heterocycles. The average Bonchev–Trinajstić information content (AvgIpc) is 3.04. The summed E-state index contributed by atoms with van der Waals surface area (Å²) in [4.78, 5) is 19.0. The lowest BCUT2D eigenvalue weighted by molar-refractivity contribution is 0.800. The summed E-state index contributed by atoms with van der Waals surface area (Å²) < 4.78 is 0. The van der Waals surface area contributed by atoms with Gasteiger partial charge in [0.05, 0.1) is 10.7 Å². The van der Waals surface area contributed by atoms with E-state index in [0.717, 1.165) is 17.2 Å². The fraction of sp³-hybridized carbons (Fsp3) is 0.600. The van der Waals surface area contributed by atoms with Crippen molar-refractivity contribution in [2.24, 2.45) is 0 Å². The molecule has 194 valence electrons. The van der Waals surface area contributed by atoms with E-state index >= 15 is 0 Å². The highest BCUT2D eigenvalue weighted by Crippen LogP contribution is 2.26. The third-order valence-corrected chi connectivity index (χ3v) is 7.66. The Kier molecular flexibility index (Phi) is 11.7. The third-order valence-electron chi connectivity index (χ3n) is 6.29. The molecule has 0 saturated carbocycles. The number of hydrogen-bond donors (Lipinski definition) is 0. The quantitative estimate of drug-likeness (QED) is 0.363. The first kappa shape index (κ1) is 30.9. The molecule has 3 heterocycles. The first-order chi connectivity index (χ1) is 16.1. The van der Waals surface area contributed by atoms with Gasteiger partial charge in [-0.1, -0.05) is 41.5 Å². The lowest BCUT2D eigenvalue weighted by Crippen LogP contribution is -2.03. The van der Waals surface area contributed by atoms with Crippen molar-refractivity contribution in [3.63, 3.8) is 0 Å². The van der Waals surface area contributed by atoms with E-state index in [9.17, 15) is 0 Å². The number of rotatable bonds is 3. The van der Waals surface area contributed by atoms with Crippen molar-refractivity contribution in [2.45, 2.75) is 122 Å². The predicted octanol–water partition coefficient (Wildman–Crippen LogP) is 8.85. The maximum absolute atomic E-state index is 4.56. The van der Waals surface area contributed by atoms with Crippen LogP contribution in [0.15, 0.2) is 0 Å². The predicted molar refractivity (Wildman–Crippen MR) is 153 cm³/mol. The number of nitrogens with zero attached hydrogens (tertiary/aromatic N) is 4. The molecule has 0 N–H and O–H groups in total. The van der Waals surface area contributed by atoms with Crippen LogP contribution in [-0.2, 0) is 0 Å². The standard InChI is InChI=1S/C12H19N.C10H16N2.C8H13NS/c1-7(2)12-9(4)8(3)10(5)13-11(12)6;1-6(2)10-7(3)11-9(5)12-8(10)4;1-5(2)8-6(3)9-7(4)10-8/h7H,1-6H3;6H,1-5H3;5H,1-4H3. The maximum Gasteiger partial charge on any atom is 0.125 e. The minimum Gasteiger partial charge on any atom is -0.258 e. The first-order valence-corrected chi connectivity index (χ1v) is 13.6. The van der Waals surface area contributed by atoms with Crippen LogP contribution in [-0.4, -0.2) is 19.9 Å². The molecule has 0 unspecified atom stereocenters. The molecular weight excluding hydrogens is 448 g/mol. The summed E-state index contributed by atoms with van der Waals surface area (Å²) in [7, 11) is 0. The molecule has 0 spiro atoms. The van der Waals surface area contributed by atoms with Crippen LogP contribution >= 0.6 is 11.3 Å². The number of hydrogen-bond acceptors (Lipinski definition) is 5. The Morgan fingerprint density at radius 2 is 0.914 bits per heavy atom. The Morgan fingerprint density at radius 1 is 0.457 bits per heavy atom. The molecule has 5 heteroatoms. The Balaban J connectivity index is 0.000000265. The van der Waals surface area contributed by atoms with E-state index in [1.165, 1.54) is 49.2 Å². The van der Waals surface area contributed by atoms with E-state index in [1.54, 1.807) is 0 Å². The van der Waals surface area contributed by atoms with Crippen molar-refractivity contribution < 1.29 is 0 Å². The summed E-state index contributed by atoms with van der Waals surface area (Å²) in [6, 6.07) is 0. The second kappa shape index (κ2) is 13.2. The van der Waals surface area contributed by atoms with Crippen molar-refractivity contribution in [3.8, 4) is 0 Å². The molecular formula is C30H48N4S. The second-order valence-electron chi connectivity index (χ2n) is 10.4. The lowest BCUT2D eigenvalue weighted by Gasteiger charge is -2.16. The zero-order valence-corrected chi connectivity index (χ0v) is 25.7. The molecule has 0 fully saturated rings. The Bertz CT molecular complexity index is 1100. The highest BCUT2D eigenvalue weighted by atomic mass is 32.1. The zero-order chi connectivity index (χ0) is 27.2. The van der Waals surface area contributed by atoms with Crippen molar-refractivity contribution in [2.75, 3.05) is 0 Å². The SMILES string of the molecule is Cc1nc(C)c(C(C)C)c(C)c1C.Cc1nc(C)c(C(C)C)c(C)n1.Cc1nc(C)c(C(C)C)s1. The summed E-state index contributed by atoms with van der Waals surface area (Å²) in [6.07, 6.45) is 0. The van der Waals surface area contributed by atoms with Gasteiger partial charge in [0.1, 0.15) is 5.82 Å². The molecule has 0 bridgehead atoms. The van der Waals surface area contributed by atoms with Crippen LogP contribution in [0.3, 0.4) is 0 Å². The summed E-state index contributed by atoms with van der Waals surface area (Å²) in [5, 5.41) is 1.18. The van der Waals surface area contributed by atoms with E-state index < -0.39 is 0 Å². The molecule has 35 heavy (non-hydrogen) atoms. The van der Waals surface area contributed by atoms with Crippen molar-refractivity contribution >= 4 is 11.3 Å². The average molecular weight is 497 g/mol. The molecule has 0 aliphatic carbocycles. The van der Waals surface area contributed by atoms with Crippen LogP contribution in [0.1, 0.15) is 126 Å². The zero-order valence-electron chi connectivity index (χ0n) is 24.9. The molecule has 0 radical (unpaired) electrons. The number of aryl methyl sites for hydroxylation is 7. The molecule has 0 amide bonds. The van der Waals surface area contributed by atoms with Gasteiger partial charge in [0, 0.05) is 27.7 Å². The molecule has 0 aromatic carbocycles. The molecule has 3 rings (SSSR count). The van der Waals surface area contributed by atoms with E-state index in [4.69, 9.17) is 0 Å². The van der Waals surface area contributed by atoms with Crippen LogP contribution in [0, 0.1) is 62.3 Å². The van der Waals surface area contributed by atoms with Crippen LogP contribution < -0.4 is 0 Å². The fourth-order valence-electron chi connectivity index (χ4n) is 4.80. The van der Waals surface area contributed by atoms with Gasteiger partial charge in [0.25, 0.3) is 0 Å². The van der Waals surface area contributed by atoms with Gasteiger partial charge in [-0.15, -0.1) is 11.3 Å². The van der Waals surface area contributed by atoms with Gasteiger partial charge in [-0.25, -0.2) is 15.0 Å². The van der Waals surface area contributed by atoms with Gasteiger partial charge in [0.2, 0.25) is 0 Å². The summed E-state index contributed by atoms with van der Waals surface area (Å²) in [6.45, 7) is 31.9. The largest absolute Gasteiger partial charge is 0.258 e. The van der Waals surface area contributed by atoms with E-state index in [0.29, 0.717) is 17.8 Å². The third kappa shape index (κ3) is 8.49. The highest BCUT2D eigenvalue weighted by molar-refractivity contribution is 7.11. The van der Waals surface area contributed by atoms with Gasteiger partial charge in [-0.05, 0) is 102 Å².